The number of terminal acetylenes is 1. The monoisotopic (exact) mass is 263 g/mol. The van der Waals surface area contributed by atoms with Crippen LogP contribution in [0.15, 0.2) is 18.2 Å². The summed E-state index contributed by atoms with van der Waals surface area (Å²) >= 11 is 0. The molecule has 4 heteroatoms. The zero-order valence-corrected chi connectivity index (χ0v) is 11.0. The topological polar surface area (TPSA) is 60.0 Å². The van der Waals surface area contributed by atoms with Gasteiger partial charge in [0.1, 0.15) is 5.41 Å². The molecule has 4 nitrogen and oxygen atoms in total. The maximum atomic E-state index is 9.59. The number of hydrogen-bond donors (Lipinski definition) is 0. The molecular formula is C16H13N3O. The van der Waals surface area contributed by atoms with Gasteiger partial charge >= 0.3 is 0 Å². The Hall–Kier alpha value is -2.48. The lowest BCUT2D eigenvalue weighted by molar-refractivity contribution is 0.0687. The Labute approximate surface area is 118 Å². The number of ether oxygens (including phenoxy) is 1. The molecule has 0 amide bonds. The molecule has 2 aliphatic rings. The van der Waals surface area contributed by atoms with Crippen LogP contribution >= 0.6 is 0 Å². The van der Waals surface area contributed by atoms with Gasteiger partial charge in [-0.2, -0.15) is 10.5 Å². The normalized spacial score (nSPS) is 27.4. The highest BCUT2D eigenvalue weighted by atomic mass is 16.5. The zero-order valence-electron chi connectivity index (χ0n) is 11.0. The van der Waals surface area contributed by atoms with Crippen molar-refractivity contribution in [2.45, 2.75) is 12.5 Å². The molecule has 2 heterocycles. The molecular weight excluding hydrogens is 250 g/mol. The van der Waals surface area contributed by atoms with Gasteiger partial charge in [-0.1, -0.05) is 5.92 Å². The Balaban J connectivity index is 2.16. The Morgan fingerprint density at radius 3 is 2.95 bits per heavy atom. The van der Waals surface area contributed by atoms with Crippen molar-refractivity contribution >= 4 is 5.69 Å². The molecule has 1 fully saturated rings. The van der Waals surface area contributed by atoms with Gasteiger partial charge in [0.25, 0.3) is 0 Å². The maximum Gasteiger partial charge on any atom is 0.144 e. The van der Waals surface area contributed by atoms with Gasteiger partial charge < -0.3 is 9.64 Å². The van der Waals surface area contributed by atoms with Crippen LogP contribution in [0.1, 0.15) is 11.1 Å². The molecule has 2 aliphatic heterocycles. The van der Waals surface area contributed by atoms with Crippen LogP contribution in [0, 0.1) is 40.4 Å². The Bertz CT molecular complexity index is 660. The van der Waals surface area contributed by atoms with Crippen molar-refractivity contribution < 1.29 is 4.74 Å². The molecule has 0 saturated carbocycles. The minimum Gasteiger partial charge on any atom is -0.377 e. The molecule has 98 valence electrons. The van der Waals surface area contributed by atoms with E-state index in [1.54, 1.807) is 6.07 Å². The van der Waals surface area contributed by atoms with Crippen LogP contribution in [0.25, 0.3) is 0 Å². The summed E-state index contributed by atoms with van der Waals surface area (Å²) in [5.41, 5.74) is 1.75. The van der Waals surface area contributed by atoms with E-state index in [9.17, 15) is 5.26 Å². The molecule has 3 rings (SSSR count). The van der Waals surface area contributed by atoms with Crippen molar-refractivity contribution in [2.24, 2.45) is 5.41 Å². The summed E-state index contributed by atoms with van der Waals surface area (Å²) in [5, 5.41) is 18.6. The van der Waals surface area contributed by atoms with Gasteiger partial charge in [0.05, 0.1) is 37.0 Å². The van der Waals surface area contributed by atoms with E-state index in [1.165, 1.54) is 0 Å². The Kier molecular flexibility index (Phi) is 2.87. The van der Waals surface area contributed by atoms with E-state index < -0.39 is 5.41 Å². The number of nitriles is 2. The molecule has 1 aromatic carbocycles. The SMILES string of the molecule is C#CC1(C#N)Cc2cc(C#N)ccc2N2CCOCC21. The molecule has 0 radical (unpaired) electrons. The number of anilines is 1. The van der Waals surface area contributed by atoms with E-state index in [-0.39, 0.29) is 6.04 Å². The summed E-state index contributed by atoms with van der Waals surface area (Å²) < 4.78 is 5.52. The van der Waals surface area contributed by atoms with Crippen LogP contribution in [-0.4, -0.2) is 25.8 Å². The van der Waals surface area contributed by atoms with Crippen molar-refractivity contribution in [1.82, 2.24) is 0 Å². The minimum atomic E-state index is -0.887. The van der Waals surface area contributed by atoms with Crippen LogP contribution in [-0.2, 0) is 11.2 Å². The number of morpholine rings is 1. The molecule has 0 aliphatic carbocycles. The lowest BCUT2D eigenvalue weighted by atomic mass is 9.72. The van der Waals surface area contributed by atoms with Gasteiger partial charge in [0.15, 0.2) is 0 Å². The highest BCUT2D eigenvalue weighted by Gasteiger charge is 2.47. The summed E-state index contributed by atoms with van der Waals surface area (Å²) in [5.74, 6) is 2.68. The average Bonchev–Trinajstić information content (AvgIpc) is 2.53. The first-order chi connectivity index (χ1) is 9.74. The van der Waals surface area contributed by atoms with Crippen LogP contribution in [0.3, 0.4) is 0 Å². The highest BCUT2D eigenvalue weighted by Crippen LogP contribution is 2.42. The van der Waals surface area contributed by atoms with Crippen LogP contribution < -0.4 is 4.90 Å². The van der Waals surface area contributed by atoms with Crippen LogP contribution in [0.2, 0.25) is 0 Å². The highest BCUT2D eigenvalue weighted by molar-refractivity contribution is 5.62. The first-order valence-electron chi connectivity index (χ1n) is 6.50. The number of rotatable bonds is 0. The quantitative estimate of drug-likeness (QED) is 0.665. The van der Waals surface area contributed by atoms with E-state index in [2.05, 4.69) is 23.0 Å². The van der Waals surface area contributed by atoms with E-state index in [1.807, 2.05) is 12.1 Å². The fraction of sp³-hybridized carbons (Fsp3) is 0.375. The lowest BCUT2D eigenvalue weighted by Crippen LogP contribution is -2.57. The van der Waals surface area contributed by atoms with Gasteiger partial charge in [0.2, 0.25) is 0 Å². The van der Waals surface area contributed by atoms with Gasteiger partial charge in [-0.15, -0.1) is 6.42 Å². The van der Waals surface area contributed by atoms with Gasteiger partial charge in [0, 0.05) is 18.7 Å². The molecule has 0 spiro atoms. The second-order valence-corrected chi connectivity index (χ2v) is 5.14. The summed E-state index contributed by atoms with van der Waals surface area (Å²) in [6.07, 6.45) is 6.13. The van der Waals surface area contributed by atoms with Crippen molar-refractivity contribution in [2.75, 3.05) is 24.7 Å². The predicted octanol–water partition coefficient (Wildman–Crippen LogP) is 1.46. The molecule has 0 bridgehead atoms. The second-order valence-electron chi connectivity index (χ2n) is 5.14. The first-order valence-corrected chi connectivity index (χ1v) is 6.50. The number of fused-ring (bicyclic) bond motifs is 3. The number of benzene rings is 1. The summed E-state index contributed by atoms with van der Waals surface area (Å²) in [6, 6.07) is 9.91. The van der Waals surface area contributed by atoms with Gasteiger partial charge in [-0.05, 0) is 23.8 Å². The average molecular weight is 263 g/mol. The van der Waals surface area contributed by atoms with Crippen LogP contribution in [0.5, 0.6) is 0 Å². The van der Waals surface area contributed by atoms with E-state index >= 15 is 0 Å². The molecule has 2 unspecified atom stereocenters. The van der Waals surface area contributed by atoms with Crippen molar-refractivity contribution in [3.63, 3.8) is 0 Å². The minimum absolute atomic E-state index is 0.119. The Morgan fingerprint density at radius 1 is 1.40 bits per heavy atom. The number of nitrogens with zero attached hydrogens (tertiary/aromatic N) is 3. The van der Waals surface area contributed by atoms with Gasteiger partial charge in [-0.25, -0.2) is 0 Å². The fourth-order valence-electron chi connectivity index (χ4n) is 3.09. The van der Waals surface area contributed by atoms with Crippen molar-refractivity contribution in [3.8, 4) is 24.5 Å². The predicted molar refractivity (Wildman–Crippen MR) is 73.7 cm³/mol. The standard InChI is InChI=1S/C16H13N3O/c1-2-16(11-18)8-13-7-12(9-17)3-4-14(13)19-5-6-20-10-15(16)19/h1,3-4,7,15H,5-6,8,10H2. The second kappa shape index (κ2) is 4.57. The van der Waals surface area contributed by atoms with Crippen LogP contribution in [0.4, 0.5) is 5.69 Å². The molecule has 1 saturated heterocycles. The third-order valence-corrected chi connectivity index (χ3v) is 4.14. The number of hydrogen-bond acceptors (Lipinski definition) is 4. The fourth-order valence-corrected chi connectivity index (χ4v) is 3.09. The smallest absolute Gasteiger partial charge is 0.144 e. The molecule has 1 aromatic rings. The summed E-state index contributed by atoms with van der Waals surface area (Å²) in [7, 11) is 0. The van der Waals surface area contributed by atoms with Crippen molar-refractivity contribution in [1.29, 1.82) is 10.5 Å². The van der Waals surface area contributed by atoms with Crippen molar-refractivity contribution in [3.05, 3.63) is 29.3 Å². The first kappa shape index (κ1) is 12.5. The maximum absolute atomic E-state index is 9.59. The van der Waals surface area contributed by atoms with E-state index in [0.717, 1.165) is 11.3 Å². The van der Waals surface area contributed by atoms with E-state index in [4.69, 9.17) is 16.4 Å². The van der Waals surface area contributed by atoms with Gasteiger partial charge in [-0.3, -0.25) is 0 Å². The third-order valence-electron chi connectivity index (χ3n) is 4.14. The third kappa shape index (κ3) is 1.65. The largest absolute Gasteiger partial charge is 0.377 e. The molecule has 0 aromatic heterocycles. The van der Waals surface area contributed by atoms with E-state index in [0.29, 0.717) is 31.7 Å². The molecule has 0 N–H and O–H groups in total. The lowest BCUT2D eigenvalue weighted by Gasteiger charge is -2.48. The summed E-state index contributed by atoms with van der Waals surface area (Å²) in [6.45, 7) is 1.81. The Morgan fingerprint density at radius 2 is 2.25 bits per heavy atom. The molecule has 2 atom stereocenters. The summed E-state index contributed by atoms with van der Waals surface area (Å²) in [4.78, 5) is 2.16. The molecule has 20 heavy (non-hydrogen) atoms. The zero-order chi connectivity index (χ0) is 14.2.